The van der Waals surface area contributed by atoms with Gasteiger partial charge in [-0.05, 0) is 48.5 Å². The lowest BCUT2D eigenvalue weighted by Gasteiger charge is -2.27. The Morgan fingerprint density at radius 2 is 1.72 bits per heavy atom. The minimum Gasteiger partial charge on any atom is -0.481 e. The zero-order valence-corrected chi connectivity index (χ0v) is 16.3. The second-order valence-corrected chi connectivity index (χ2v) is 9.22. The molecule has 1 aromatic carbocycles. The summed E-state index contributed by atoms with van der Waals surface area (Å²) in [4.78, 5) is 10.5. The highest BCUT2D eigenvalue weighted by atomic mass is 32.2. The third-order valence-electron chi connectivity index (χ3n) is 5.25. The van der Waals surface area contributed by atoms with Crippen LogP contribution in [-0.2, 0) is 15.3 Å². The molecule has 3 nitrogen and oxygen atoms in total. The number of rotatable bonds is 11. The van der Waals surface area contributed by atoms with E-state index in [2.05, 4.69) is 30.3 Å². The molecule has 0 saturated carbocycles. The molecule has 1 N–H and O–H groups in total. The Kier molecular flexibility index (Phi) is 7.56. The normalized spacial score (nSPS) is 27.7. The zero-order valence-electron chi connectivity index (χ0n) is 14.6. The first-order valence-electron chi connectivity index (χ1n) is 9.30. The Balaban J connectivity index is 1.38. The minimum absolute atomic E-state index is 0.302. The van der Waals surface area contributed by atoms with E-state index >= 15 is 0 Å². The largest absolute Gasteiger partial charge is 0.481 e. The van der Waals surface area contributed by atoms with Gasteiger partial charge in [-0.3, -0.25) is 4.79 Å². The van der Waals surface area contributed by atoms with Crippen LogP contribution in [0.4, 0.5) is 0 Å². The molecule has 2 saturated heterocycles. The number of hydrogen-bond acceptors (Lipinski definition) is 4. The number of fused-ring (bicyclic) bond motifs is 2. The lowest BCUT2D eigenvalue weighted by molar-refractivity contribution is -0.137. The van der Waals surface area contributed by atoms with Crippen LogP contribution < -0.4 is 0 Å². The fraction of sp³-hybridized carbons (Fsp3) is 0.650. The summed E-state index contributed by atoms with van der Waals surface area (Å²) in [5.74, 6) is 5.23. The fourth-order valence-corrected chi connectivity index (χ4v) is 6.51. The van der Waals surface area contributed by atoms with Crippen molar-refractivity contribution in [3.63, 3.8) is 0 Å². The van der Waals surface area contributed by atoms with Crippen molar-refractivity contribution in [1.29, 1.82) is 0 Å². The van der Waals surface area contributed by atoms with Crippen molar-refractivity contribution in [2.24, 2.45) is 11.8 Å². The van der Waals surface area contributed by atoms with Crippen LogP contribution in [0.3, 0.4) is 0 Å². The molecule has 0 amide bonds. The Morgan fingerprint density at radius 3 is 2.40 bits per heavy atom. The van der Waals surface area contributed by atoms with Crippen LogP contribution in [0.5, 0.6) is 0 Å². The van der Waals surface area contributed by atoms with E-state index < -0.39 is 5.97 Å². The second-order valence-electron chi connectivity index (χ2n) is 7.04. The highest BCUT2D eigenvalue weighted by Gasteiger charge is 2.48. The van der Waals surface area contributed by atoms with E-state index in [4.69, 9.17) is 9.84 Å². The topological polar surface area (TPSA) is 46.5 Å². The van der Waals surface area contributed by atoms with Gasteiger partial charge in [0.05, 0.1) is 12.2 Å². The molecule has 2 aliphatic rings. The second kappa shape index (κ2) is 9.89. The fourth-order valence-electron chi connectivity index (χ4n) is 3.92. The summed E-state index contributed by atoms with van der Waals surface area (Å²) in [5, 5.41) is 8.69. The number of ether oxygens (including phenoxy) is 1. The molecule has 138 valence electrons. The molecule has 2 heterocycles. The third-order valence-corrected chi connectivity index (χ3v) is 7.61. The maximum Gasteiger partial charge on any atom is 0.303 e. The van der Waals surface area contributed by atoms with Crippen molar-refractivity contribution in [3.05, 3.63) is 35.9 Å². The molecule has 0 radical (unpaired) electrons. The standard InChI is InChI=1S/C20H28O3S2/c21-20(22)8-4-5-11-24-13-16-17(19-10-9-18(16)23-19)14-25-12-15-6-2-1-3-7-15/h1-3,6-7,16-19H,4-5,8-14H2,(H,21,22). The lowest BCUT2D eigenvalue weighted by Crippen LogP contribution is -2.30. The number of hydrogen-bond donors (Lipinski definition) is 1. The van der Waals surface area contributed by atoms with Crippen molar-refractivity contribution in [2.45, 2.75) is 50.1 Å². The van der Waals surface area contributed by atoms with Gasteiger partial charge in [0.25, 0.3) is 0 Å². The molecule has 1 aromatic rings. The van der Waals surface area contributed by atoms with E-state index in [9.17, 15) is 4.79 Å². The third kappa shape index (κ3) is 5.66. The van der Waals surface area contributed by atoms with E-state index in [1.54, 1.807) is 0 Å². The van der Waals surface area contributed by atoms with Gasteiger partial charge in [-0.1, -0.05) is 30.3 Å². The summed E-state index contributed by atoms with van der Waals surface area (Å²) in [7, 11) is 0. The summed E-state index contributed by atoms with van der Waals surface area (Å²) in [6.07, 6.45) is 5.52. The maximum atomic E-state index is 10.5. The summed E-state index contributed by atoms with van der Waals surface area (Å²) in [6, 6.07) is 10.7. The van der Waals surface area contributed by atoms with Crippen LogP contribution >= 0.6 is 23.5 Å². The first-order chi connectivity index (χ1) is 12.2. The zero-order chi connectivity index (χ0) is 17.5. The van der Waals surface area contributed by atoms with Crippen LogP contribution in [0, 0.1) is 11.8 Å². The molecule has 4 atom stereocenters. The first-order valence-corrected chi connectivity index (χ1v) is 11.6. The van der Waals surface area contributed by atoms with E-state index in [0.29, 0.717) is 30.5 Å². The number of carboxylic acids is 1. The summed E-state index contributed by atoms with van der Waals surface area (Å²) < 4.78 is 6.21. The quantitative estimate of drug-likeness (QED) is 0.564. The van der Waals surface area contributed by atoms with E-state index in [1.807, 2.05) is 23.5 Å². The summed E-state index contributed by atoms with van der Waals surface area (Å²) in [5.41, 5.74) is 1.40. The summed E-state index contributed by atoms with van der Waals surface area (Å²) >= 11 is 4.04. The number of carboxylic acid groups (broad SMARTS) is 1. The van der Waals surface area contributed by atoms with Crippen LogP contribution in [0.1, 0.15) is 37.7 Å². The Morgan fingerprint density at radius 1 is 1.04 bits per heavy atom. The van der Waals surface area contributed by atoms with Crippen molar-refractivity contribution in [2.75, 3.05) is 17.3 Å². The molecule has 2 fully saturated rings. The monoisotopic (exact) mass is 380 g/mol. The van der Waals surface area contributed by atoms with Crippen LogP contribution in [0.2, 0.25) is 0 Å². The number of unbranched alkanes of at least 4 members (excludes halogenated alkanes) is 1. The molecule has 2 aliphatic heterocycles. The Hall–Kier alpha value is -0.650. The Bertz CT molecular complexity index is 537. The highest BCUT2D eigenvalue weighted by molar-refractivity contribution is 7.99. The van der Waals surface area contributed by atoms with E-state index in [-0.39, 0.29) is 0 Å². The highest BCUT2D eigenvalue weighted by Crippen LogP contribution is 2.46. The average molecular weight is 381 g/mol. The van der Waals surface area contributed by atoms with Crippen molar-refractivity contribution in [1.82, 2.24) is 0 Å². The molecule has 0 aromatic heterocycles. The van der Waals surface area contributed by atoms with Gasteiger partial charge in [-0.15, -0.1) is 0 Å². The molecule has 5 heteroatoms. The smallest absolute Gasteiger partial charge is 0.303 e. The molecule has 2 bridgehead atoms. The van der Waals surface area contributed by atoms with Gasteiger partial charge in [0.2, 0.25) is 0 Å². The van der Waals surface area contributed by atoms with E-state index in [0.717, 1.165) is 24.3 Å². The SMILES string of the molecule is O=C(O)CCCCSCC1C2CCC(O2)C1CSCc1ccccc1. The predicted octanol–water partition coefficient (Wildman–Crippen LogP) is 4.70. The van der Waals surface area contributed by atoms with Crippen LogP contribution in [0.25, 0.3) is 0 Å². The number of thioether (sulfide) groups is 2. The number of aliphatic carboxylic acids is 1. The Labute approximate surface area is 159 Å². The van der Waals surface area contributed by atoms with Gasteiger partial charge in [0.15, 0.2) is 0 Å². The molecule has 0 aliphatic carbocycles. The maximum absolute atomic E-state index is 10.5. The lowest BCUT2D eigenvalue weighted by atomic mass is 9.81. The van der Waals surface area contributed by atoms with Gasteiger partial charge in [-0.25, -0.2) is 0 Å². The average Bonchev–Trinajstić information content (AvgIpc) is 3.21. The van der Waals surface area contributed by atoms with Gasteiger partial charge in [0.1, 0.15) is 0 Å². The van der Waals surface area contributed by atoms with Gasteiger partial charge >= 0.3 is 5.97 Å². The summed E-state index contributed by atoms with van der Waals surface area (Å²) in [6.45, 7) is 0. The van der Waals surface area contributed by atoms with Gasteiger partial charge < -0.3 is 9.84 Å². The van der Waals surface area contributed by atoms with Crippen LogP contribution in [0.15, 0.2) is 30.3 Å². The van der Waals surface area contributed by atoms with Crippen LogP contribution in [-0.4, -0.2) is 40.5 Å². The molecule has 25 heavy (non-hydrogen) atoms. The van der Waals surface area contributed by atoms with Crippen molar-refractivity contribution >= 4 is 29.5 Å². The number of benzene rings is 1. The van der Waals surface area contributed by atoms with Gasteiger partial charge in [0, 0.05) is 24.0 Å². The van der Waals surface area contributed by atoms with Crippen molar-refractivity contribution < 1.29 is 14.6 Å². The molecular weight excluding hydrogens is 352 g/mol. The van der Waals surface area contributed by atoms with Gasteiger partial charge in [-0.2, -0.15) is 23.5 Å². The predicted molar refractivity (Wildman–Crippen MR) is 106 cm³/mol. The number of carbonyl (C=O) groups is 1. The molecule has 3 rings (SSSR count). The minimum atomic E-state index is -0.679. The molecular formula is C20H28O3S2. The van der Waals surface area contributed by atoms with Crippen molar-refractivity contribution in [3.8, 4) is 0 Å². The molecule has 0 spiro atoms. The van der Waals surface area contributed by atoms with E-state index in [1.165, 1.54) is 29.9 Å². The first kappa shape index (κ1) is 19.1. The molecule has 4 unspecified atom stereocenters.